The van der Waals surface area contributed by atoms with Gasteiger partial charge in [-0.2, -0.15) is 0 Å². The van der Waals surface area contributed by atoms with Crippen molar-refractivity contribution in [1.29, 1.82) is 0 Å². The van der Waals surface area contributed by atoms with Crippen molar-refractivity contribution in [3.8, 4) is 0 Å². The maximum absolute atomic E-state index is 13.1. The monoisotopic (exact) mass is 333 g/mol. The zero-order valence-electron chi connectivity index (χ0n) is 14.1. The molecule has 0 radical (unpaired) electrons. The van der Waals surface area contributed by atoms with Gasteiger partial charge in [-0.25, -0.2) is 4.98 Å². The van der Waals surface area contributed by atoms with Gasteiger partial charge in [0.1, 0.15) is 11.9 Å². The third-order valence-corrected chi connectivity index (χ3v) is 4.84. The quantitative estimate of drug-likeness (QED) is 0.821. The second-order valence-electron chi connectivity index (χ2n) is 6.28. The van der Waals surface area contributed by atoms with Gasteiger partial charge in [0.05, 0.1) is 12.5 Å². The van der Waals surface area contributed by atoms with Gasteiger partial charge in [-0.3, -0.25) is 14.4 Å². The van der Waals surface area contributed by atoms with E-state index in [1.165, 1.54) is 0 Å². The lowest BCUT2D eigenvalue weighted by Crippen LogP contribution is -2.55. The molecule has 0 bridgehead atoms. The molecule has 0 aliphatic carbocycles. The van der Waals surface area contributed by atoms with E-state index in [2.05, 4.69) is 10.3 Å². The van der Waals surface area contributed by atoms with Gasteiger partial charge in [0, 0.05) is 45.5 Å². The number of piperazine rings is 1. The topological polar surface area (TPSA) is 87.5 Å². The Hall–Kier alpha value is -2.38. The summed E-state index contributed by atoms with van der Waals surface area (Å²) in [5, 5.41) is 2.73. The second-order valence-corrected chi connectivity index (χ2v) is 6.28. The van der Waals surface area contributed by atoms with Crippen LogP contribution < -0.4 is 5.32 Å². The van der Waals surface area contributed by atoms with Gasteiger partial charge < -0.3 is 19.7 Å². The normalized spacial score (nSPS) is 24.9. The van der Waals surface area contributed by atoms with Crippen LogP contribution in [0.2, 0.25) is 0 Å². The Kier molecular flexibility index (Phi) is 4.55. The molecule has 8 nitrogen and oxygen atoms in total. The SMILES string of the molecule is CCN1C(=O)CC[C@H](C(=O)N2CCNC(=O)C2)[C@H]1c1nccn1C. The van der Waals surface area contributed by atoms with Gasteiger partial charge in [0.25, 0.3) is 0 Å². The largest absolute Gasteiger partial charge is 0.353 e. The van der Waals surface area contributed by atoms with E-state index in [4.69, 9.17) is 0 Å². The van der Waals surface area contributed by atoms with E-state index in [-0.39, 0.29) is 36.2 Å². The van der Waals surface area contributed by atoms with Gasteiger partial charge in [0.15, 0.2) is 0 Å². The van der Waals surface area contributed by atoms with Crippen LogP contribution in [0, 0.1) is 5.92 Å². The molecule has 2 aliphatic heterocycles. The van der Waals surface area contributed by atoms with Crippen LogP contribution in [0.5, 0.6) is 0 Å². The molecule has 2 atom stereocenters. The zero-order valence-corrected chi connectivity index (χ0v) is 14.1. The fourth-order valence-electron chi connectivity index (χ4n) is 3.63. The number of piperidine rings is 1. The molecule has 3 heterocycles. The third-order valence-electron chi connectivity index (χ3n) is 4.84. The highest BCUT2D eigenvalue weighted by atomic mass is 16.2. The molecule has 0 aromatic carbocycles. The number of aryl methyl sites for hydroxylation is 1. The molecule has 3 amide bonds. The summed E-state index contributed by atoms with van der Waals surface area (Å²) in [6.07, 6.45) is 4.34. The Balaban J connectivity index is 1.91. The van der Waals surface area contributed by atoms with Crippen molar-refractivity contribution in [1.82, 2.24) is 24.7 Å². The maximum atomic E-state index is 13.1. The highest BCUT2D eigenvalue weighted by Gasteiger charge is 2.43. The summed E-state index contributed by atoms with van der Waals surface area (Å²) in [6.45, 7) is 3.51. The predicted octanol–water partition coefficient (Wildman–Crippen LogP) is -0.322. The lowest BCUT2D eigenvalue weighted by atomic mass is 9.86. The van der Waals surface area contributed by atoms with Crippen LogP contribution in [-0.2, 0) is 21.4 Å². The van der Waals surface area contributed by atoms with E-state index in [1.54, 1.807) is 16.0 Å². The molecular weight excluding hydrogens is 310 g/mol. The third kappa shape index (κ3) is 2.88. The van der Waals surface area contributed by atoms with Crippen LogP contribution in [0.25, 0.3) is 0 Å². The minimum absolute atomic E-state index is 0.0472. The first kappa shape index (κ1) is 16.5. The van der Waals surface area contributed by atoms with Crippen molar-refractivity contribution in [3.05, 3.63) is 18.2 Å². The fourth-order valence-corrected chi connectivity index (χ4v) is 3.63. The van der Waals surface area contributed by atoms with Crippen molar-refractivity contribution in [2.24, 2.45) is 13.0 Å². The second kappa shape index (κ2) is 6.62. The van der Waals surface area contributed by atoms with Crippen molar-refractivity contribution < 1.29 is 14.4 Å². The molecule has 130 valence electrons. The first-order valence-electron chi connectivity index (χ1n) is 8.35. The molecule has 2 saturated heterocycles. The smallest absolute Gasteiger partial charge is 0.239 e. The number of nitrogens with zero attached hydrogens (tertiary/aromatic N) is 4. The van der Waals surface area contributed by atoms with Crippen LogP contribution in [0.15, 0.2) is 12.4 Å². The van der Waals surface area contributed by atoms with Crippen molar-refractivity contribution in [3.63, 3.8) is 0 Å². The number of carbonyl (C=O) groups excluding carboxylic acids is 3. The molecule has 8 heteroatoms. The highest BCUT2D eigenvalue weighted by molar-refractivity contribution is 5.89. The molecule has 1 aromatic heterocycles. The van der Waals surface area contributed by atoms with Crippen LogP contribution in [0.3, 0.4) is 0 Å². The van der Waals surface area contributed by atoms with Gasteiger partial charge in [-0.1, -0.05) is 0 Å². The van der Waals surface area contributed by atoms with Crippen LogP contribution in [0.1, 0.15) is 31.6 Å². The number of hydrogen-bond acceptors (Lipinski definition) is 4. The van der Waals surface area contributed by atoms with Gasteiger partial charge in [-0.15, -0.1) is 0 Å². The van der Waals surface area contributed by atoms with Gasteiger partial charge in [0.2, 0.25) is 17.7 Å². The van der Waals surface area contributed by atoms with Crippen molar-refractivity contribution in [2.75, 3.05) is 26.2 Å². The maximum Gasteiger partial charge on any atom is 0.239 e. The van der Waals surface area contributed by atoms with Crippen LogP contribution in [-0.4, -0.2) is 63.3 Å². The van der Waals surface area contributed by atoms with E-state index in [9.17, 15) is 14.4 Å². The van der Waals surface area contributed by atoms with E-state index >= 15 is 0 Å². The number of amides is 3. The first-order valence-corrected chi connectivity index (χ1v) is 8.35. The van der Waals surface area contributed by atoms with Crippen molar-refractivity contribution in [2.45, 2.75) is 25.8 Å². The van der Waals surface area contributed by atoms with E-state index in [0.29, 0.717) is 38.3 Å². The average molecular weight is 333 g/mol. The summed E-state index contributed by atoms with van der Waals surface area (Å²) in [5.74, 6) is 0.191. The standard InChI is InChI=1S/C16H23N5O3/c1-3-21-13(23)5-4-11(14(21)15-18-6-8-19(15)2)16(24)20-9-7-17-12(22)10-20/h6,8,11,14H,3-5,7,9-10H2,1-2H3,(H,17,22)/t11-,14-/m0/s1. The minimum atomic E-state index is -0.381. The molecule has 0 spiro atoms. The summed E-state index contributed by atoms with van der Waals surface area (Å²) in [5.41, 5.74) is 0. The van der Waals surface area contributed by atoms with E-state index in [0.717, 1.165) is 0 Å². The Morgan fingerprint density at radius 2 is 2.21 bits per heavy atom. The lowest BCUT2D eigenvalue weighted by molar-refractivity contribution is -0.150. The molecular formula is C16H23N5O3. The summed E-state index contributed by atoms with van der Waals surface area (Å²) in [7, 11) is 1.87. The number of carbonyl (C=O) groups is 3. The van der Waals surface area contributed by atoms with Gasteiger partial charge in [-0.05, 0) is 13.3 Å². The molecule has 0 unspecified atom stereocenters. The summed E-state index contributed by atoms with van der Waals surface area (Å²) in [4.78, 5) is 44.7. The van der Waals surface area contributed by atoms with Crippen LogP contribution >= 0.6 is 0 Å². The van der Waals surface area contributed by atoms with Crippen LogP contribution in [0.4, 0.5) is 0 Å². The molecule has 0 saturated carbocycles. The number of likely N-dealkylation sites (tertiary alicyclic amines) is 1. The fraction of sp³-hybridized carbons (Fsp3) is 0.625. The lowest BCUT2D eigenvalue weighted by Gasteiger charge is -2.41. The number of imidazole rings is 1. The Labute approximate surface area is 140 Å². The minimum Gasteiger partial charge on any atom is -0.353 e. The Morgan fingerprint density at radius 1 is 1.42 bits per heavy atom. The first-order chi connectivity index (χ1) is 11.5. The number of aromatic nitrogens is 2. The van der Waals surface area contributed by atoms with Gasteiger partial charge >= 0.3 is 0 Å². The average Bonchev–Trinajstić information content (AvgIpc) is 2.99. The Morgan fingerprint density at radius 3 is 2.83 bits per heavy atom. The summed E-state index contributed by atoms with van der Waals surface area (Å²) in [6, 6.07) is -0.381. The molecule has 24 heavy (non-hydrogen) atoms. The van der Waals surface area contributed by atoms with E-state index in [1.807, 2.05) is 24.7 Å². The summed E-state index contributed by atoms with van der Waals surface area (Å²) < 4.78 is 1.86. The summed E-state index contributed by atoms with van der Waals surface area (Å²) >= 11 is 0. The molecule has 1 aromatic rings. The zero-order chi connectivity index (χ0) is 17.3. The highest BCUT2D eigenvalue weighted by Crippen LogP contribution is 2.36. The molecule has 3 rings (SSSR count). The molecule has 1 N–H and O–H groups in total. The molecule has 2 fully saturated rings. The predicted molar refractivity (Wildman–Crippen MR) is 85.6 cm³/mol. The number of rotatable bonds is 3. The van der Waals surface area contributed by atoms with E-state index < -0.39 is 0 Å². The number of hydrogen-bond donors (Lipinski definition) is 1. The number of nitrogens with one attached hydrogen (secondary N) is 1. The van der Waals surface area contributed by atoms with Crippen molar-refractivity contribution >= 4 is 17.7 Å². The Bertz CT molecular complexity index is 656. The molecule has 2 aliphatic rings.